The maximum Gasteiger partial charge on any atom is 0.255 e. The van der Waals surface area contributed by atoms with Crippen molar-refractivity contribution < 1.29 is 19.1 Å². The van der Waals surface area contributed by atoms with Gasteiger partial charge in [-0.15, -0.1) is 0 Å². The number of hydrogen-bond donors (Lipinski definition) is 1. The molecule has 0 bridgehead atoms. The highest BCUT2D eigenvalue weighted by molar-refractivity contribution is 5.97. The largest absolute Gasteiger partial charge is 0.497 e. The number of carbonyl (C=O) groups is 2. The van der Waals surface area contributed by atoms with E-state index in [0.717, 1.165) is 25.7 Å². The number of ether oxygens (including phenoxy) is 2. The van der Waals surface area contributed by atoms with E-state index in [9.17, 15) is 9.59 Å². The Morgan fingerprint density at radius 3 is 2.57 bits per heavy atom. The van der Waals surface area contributed by atoms with Gasteiger partial charge in [-0.2, -0.15) is 0 Å². The normalized spacial score (nSPS) is 18.6. The fraction of sp³-hybridized carbons (Fsp3) is 0.417. The number of piperidine rings is 1. The van der Waals surface area contributed by atoms with Crippen LogP contribution >= 0.6 is 0 Å². The lowest BCUT2D eigenvalue weighted by Gasteiger charge is -2.32. The van der Waals surface area contributed by atoms with Gasteiger partial charge >= 0.3 is 0 Å². The molecule has 2 aliphatic rings. The first-order valence-corrected chi connectivity index (χ1v) is 10.5. The van der Waals surface area contributed by atoms with Crippen LogP contribution in [0.1, 0.15) is 53.7 Å². The number of methoxy groups -OCH3 is 1. The number of carbonyl (C=O) groups excluding carboxylic acids is 2. The summed E-state index contributed by atoms with van der Waals surface area (Å²) in [5.41, 5.74) is 2.96. The van der Waals surface area contributed by atoms with E-state index in [4.69, 9.17) is 9.47 Å². The zero-order valence-electron chi connectivity index (χ0n) is 17.5. The van der Waals surface area contributed by atoms with Crippen molar-refractivity contribution in [1.29, 1.82) is 0 Å². The SMILES string of the molecule is COc1ccc(OC2CCN(C(C)=O)CC2)c(C(=O)N[C@H]2CCc3ccccc32)c1. The molecule has 1 aliphatic heterocycles. The number of hydrogen-bond acceptors (Lipinski definition) is 4. The molecule has 1 fully saturated rings. The van der Waals surface area contributed by atoms with Crippen LogP contribution in [0.15, 0.2) is 42.5 Å². The van der Waals surface area contributed by atoms with Crippen molar-refractivity contribution in [2.45, 2.75) is 44.8 Å². The molecule has 0 spiro atoms. The zero-order chi connectivity index (χ0) is 21.1. The topological polar surface area (TPSA) is 67.9 Å². The van der Waals surface area contributed by atoms with Gasteiger partial charge in [0.15, 0.2) is 0 Å². The highest BCUT2D eigenvalue weighted by atomic mass is 16.5. The van der Waals surface area contributed by atoms with E-state index >= 15 is 0 Å². The Kier molecular flexibility index (Phi) is 5.93. The number of nitrogens with one attached hydrogen (secondary N) is 1. The Hall–Kier alpha value is -3.02. The first kappa shape index (κ1) is 20.3. The minimum atomic E-state index is -0.160. The maximum absolute atomic E-state index is 13.2. The number of likely N-dealkylation sites (tertiary alicyclic amines) is 1. The summed E-state index contributed by atoms with van der Waals surface area (Å²) in [4.78, 5) is 26.6. The van der Waals surface area contributed by atoms with E-state index in [1.54, 1.807) is 26.2 Å². The van der Waals surface area contributed by atoms with Gasteiger partial charge in [-0.05, 0) is 42.2 Å². The summed E-state index contributed by atoms with van der Waals surface area (Å²) in [6, 6.07) is 13.6. The van der Waals surface area contributed by atoms with Crippen LogP contribution in [-0.2, 0) is 11.2 Å². The lowest BCUT2D eigenvalue weighted by molar-refractivity contribution is -0.130. The number of aryl methyl sites for hydroxylation is 1. The summed E-state index contributed by atoms with van der Waals surface area (Å²) in [5, 5.41) is 3.17. The monoisotopic (exact) mass is 408 g/mol. The highest BCUT2D eigenvalue weighted by Gasteiger charge is 2.27. The van der Waals surface area contributed by atoms with E-state index in [1.165, 1.54) is 11.1 Å². The summed E-state index contributed by atoms with van der Waals surface area (Å²) in [5.74, 6) is 1.10. The summed E-state index contributed by atoms with van der Waals surface area (Å²) >= 11 is 0. The van der Waals surface area contributed by atoms with Crippen LogP contribution in [0, 0.1) is 0 Å². The number of benzene rings is 2. The van der Waals surface area contributed by atoms with Crippen LogP contribution in [-0.4, -0.2) is 43.0 Å². The van der Waals surface area contributed by atoms with E-state index in [2.05, 4.69) is 17.4 Å². The molecule has 0 aromatic heterocycles. The number of nitrogens with zero attached hydrogens (tertiary/aromatic N) is 1. The van der Waals surface area contributed by atoms with Gasteiger partial charge in [0, 0.05) is 32.9 Å². The van der Waals surface area contributed by atoms with Crippen LogP contribution in [0.3, 0.4) is 0 Å². The molecule has 0 radical (unpaired) electrons. The van der Waals surface area contributed by atoms with E-state index < -0.39 is 0 Å². The van der Waals surface area contributed by atoms with E-state index in [0.29, 0.717) is 30.2 Å². The number of fused-ring (bicyclic) bond motifs is 1. The smallest absolute Gasteiger partial charge is 0.255 e. The maximum atomic E-state index is 13.2. The molecule has 2 aromatic carbocycles. The molecule has 6 nitrogen and oxygen atoms in total. The molecule has 2 amide bonds. The van der Waals surface area contributed by atoms with Gasteiger partial charge < -0.3 is 19.7 Å². The van der Waals surface area contributed by atoms with Crippen LogP contribution in [0.5, 0.6) is 11.5 Å². The average molecular weight is 408 g/mol. The molecule has 1 heterocycles. The predicted octanol–water partition coefficient (Wildman–Crippen LogP) is 3.50. The third-order valence-electron chi connectivity index (χ3n) is 6.05. The zero-order valence-corrected chi connectivity index (χ0v) is 17.5. The molecule has 1 atom stereocenters. The molecule has 1 N–H and O–H groups in total. The van der Waals surface area contributed by atoms with Crippen molar-refractivity contribution in [2.75, 3.05) is 20.2 Å². The minimum Gasteiger partial charge on any atom is -0.497 e. The third kappa shape index (κ3) is 4.27. The lowest BCUT2D eigenvalue weighted by atomic mass is 10.1. The van der Waals surface area contributed by atoms with Crippen LogP contribution in [0.25, 0.3) is 0 Å². The number of amides is 2. The second kappa shape index (κ2) is 8.78. The van der Waals surface area contributed by atoms with Crippen molar-refractivity contribution in [3.63, 3.8) is 0 Å². The molecular weight excluding hydrogens is 380 g/mol. The fourth-order valence-electron chi connectivity index (χ4n) is 4.33. The molecular formula is C24H28N2O4. The highest BCUT2D eigenvalue weighted by Crippen LogP contribution is 2.32. The Bertz CT molecular complexity index is 935. The molecule has 6 heteroatoms. The predicted molar refractivity (Wildman–Crippen MR) is 114 cm³/mol. The quantitative estimate of drug-likeness (QED) is 0.822. The van der Waals surface area contributed by atoms with Gasteiger partial charge in [-0.1, -0.05) is 24.3 Å². The van der Waals surface area contributed by atoms with Crippen molar-refractivity contribution >= 4 is 11.8 Å². The van der Waals surface area contributed by atoms with Crippen molar-refractivity contribution in [3.8, 4) is 11.5 Å². The Labute approximate surface area is 177 Å². The van der Waals surface area contributed by atoms with Crippen molar-refractivity contribution in [1.82, 2.24) is 10.2 Å². The van der Waals surface area contributed by atoms with Crippen molar-refractivity contribution in [3.05, 3.63) is 59.2 Å². The van der Waals surface area contributed by atoms with Gasteiger partial charge in [-0.25, -0.2) is 0 Å². The van der Waals surface area contributed by atoms with Crippen LogP contribution in [0.4, 0.5) is 0 Å². The minimum absolute atomic E-state index is 0.00607. The fourth-order valence-corrected chi connectivity index (χ4v) is 4.33. The second-order valence-electron chi connectivity index (χ2n) is 7.95. The Balaban J connectivity index is 1.49. The lowest BCUT2D eigenvalue weighted by Crippen LogP contribution is -2.40. The Morgan fingerprint density at radius 1 is 1.07 bits per heavy atom. The van der Waals surface area contributed by atoms with Crippen LogP contribution < -0.4 is 14.8 Å². The van der Waals surface area contributed by atoms with Gasteiger partial charge in [0.25, 0.3) is 5.91 Å². The first-order valence-electron chi connectivity index (χ1n) is 10.5. The molecule has 4 rings (SSSR count). The molecule has 0 saturated carbocycles. The van der Waals surface area contributed by atoms with Gasteiger partial charge in [0.1, 0.15) is 17.6 Å². The summed E-state index contributed by atoms with van der Waals surface area (Å²) in [6.07, 6.45) is 3.35. The van der Waals surface area contributed by atoms with E-state index in [-0.39, 0.29) is 24.0 Å². The molecule has 1 saturated heterocycles. The molecule has 158 valence electrons. The molecule has 0 unspecified atom stereocenters. The summed E-state index contributed by atoms with van der Waals surface area (Å²) < 4.78 is 11.6. The van der Waals surface area contributed by atoms with Gasteiger partial charge in [0.05, 0.1) is 18.7 Å². The number of rotatable bonds is 5. The molecule has 2 aromatic rings. The summed E-state index contributed by atoms with van der Waals surface area (Å²) in [6.45, 7) is 2.95. The van der Waals surface area contributed by atoms with E-state index in [1.807, 2.05) is 23.1 Å². The molecule has 30 heavy (non-hydrogen) atoms. The van der Waals surface area contributed by atoms with Gasteiger partial charge in [-0.3, -0.25) is 9.59 Å². The summed E-state index contributed by atoms with van der Waals surface area (Å²) in [7, 11) is 1.59. The first-order chi connectivity index (χ1) is 14.5. The third-order valence-corrected chi connectivity index (χ3v) is 6.05. The van der Waals surface area contributed by atoms with Gasteiger partial charge in [0.2, 0.25) is 5.91 Å². The standard InChI is InChI=1S/C24H28N2O4/c1-16(27)26-13-11-18(12-14-26)30-23-10-8-19(29-2)15-21(23)24(28)25-22-9-7-17-5-3-4-6-20(17)22/h3-6,8,10,15,18,22H,7,9,11-14H2,1-2H3,(H,25,28)/t22-/m0/s1. The molecule has 1 aliphatic carbocycles. The Morgan fingerprint density at radius 2 is 1.83 bits per heavy atom. The average Bonchev–Trinajstić information content (AvgIpc) is 3.17. The van der Waals surface area contributed by atoms with Crippen LogP contribution in [0.2, 0.25) is 0 Å². The second-order valence-corrected chi connectivity index (χ2v) is 7.95. The van der Waals surface area contributed by atoms with Crippen molar-refractivity contribution in [2.24, 2.45) is 0 Å².